The molecule has 0 saturated carbocycles. The van der Waals surface area contributed by atoms with E-state index in [1.807, 2.05) is 0 Å². The number of rotatable bonds is 6. The van der Waals surface area contributed by atoms with Gasteiger partial charge in [-0.05, 0) is 24.2 Å². The van der Waals surface area contributed by atoms with Gasteiger partial charge in [0.1, 0.15) is 0 Å². The molecule has 0 aromatic carbocycles. The molecule has 0 fully saturated rings. The lowest BCUT2D eigenvalue weighted by molar-refractivity contribution is 0.200. The monoisotopic (exact) mass is 169 g/mol. The van der Waals surface area contributed by atoms with E-state index in [4.69, 9.17) is 0 Å². The van der Waals surface area contributed by atoms with Crippen LogP contribution in [0.15, 0.2) is 0 Å². The van der Waals surface area contributed by atoms with Crippen LogP contribution in [0.3, 0.4) is 0 Å². The maximum Gasteiger partial charge on any atom is -0.0300 e. The zero-order chi connectivity index (χ0) is 9.61. The molecule has 0 aliphatic carbocycles. The van der Waals surface area contributed by atoms with Gasteiger partial charge in [0.25, 0.3) is 0 Å². The molecule has 1 radical (unpaired) electrons. The van der Waals surface area contributed by atoms with Gasteiger partial charge < -0.3 is 0 Å². The Morgan fingerprint density at radius 1 is 1.17 bits per heavy atom. The Morgan fingerprint density at radius 2 is 1.67 bits per heavy atom. The molecule has 0 aromatic rings. The zero-order valence-corrected chi connectivity index (χ0v) is 9.32. The van der Waals surface area contributed by atoms with Gasteiger partial charge in [0.2, 0.25) is 0 Å². The highest BCUT2D eigenvalue weighted by Crippen LogP contribution is 2.37. The van der Waals surface area contributed by atoms with Gasteiger partial charge in [-0.15, -0.1) is 0 Å². The van der Waals surface area contributed by atoms with E-state index in [9.17, 15) is 0 Å². The van der Waals surface area contributed by atoms with E-state index in [1.165, 1.54) is 25.7 Å². The smallest absolute Gasteiger partial charge is 0.0300 e. The Kier molecular flexibility index (Phi) is 5.61. The highest BCUT2D eigenvalue weighted by Gasteiger charge is 2.25. The lowest BCUT2D eigenvalue weighted by atomic mass is 9.73. The van der Waals surface area contributed by atoms with E-state index in [0.717, 1.165) is 12.3 Å². The molecule has 0 heterocycles. The molecule has 0 saturated heterocycles. The summed E-state index contributed by atoms with van der Waals surface area (Å²) in [5.41, 5.74) is 0.537. The van der Waals surface area contributed by atoms with Crippen LogP contribution in [0.1, 0.15) is 59.8 Å². The predicted octanol–water partition coefficient (Wildman–Crippen LogP) is 4.45. The van der Waals surface area contributed by atoms with E-state index < -0.39 is 0 Å². The summed E-state index contributed by atoms with van der Waals surface area (Å²) < 4.78 is 0. The van der Waals surface area contributed by atoms with Crippen molar-refractivity contribution in [3.05, 3.63) is 6.92 Å². The molecule has 0 aliphatic rings. The van der Waals surface area contributed by atoms with Crippen LogP contribution < -0.4 is 0 Å². The van der Waals surface area contributed by atoms with E-state index in [1.54, 1.807) is 0 Å². The summed E-state index contributed by atoms with van der Waals surface area (Å²) in [5.74, 6) is 0.867. The van der Waals surface area contributed by atoms with Crippen molar-refractivity contribution >= 4 is 0 Å². The average Bonchev–Trinajstić information content (AvgIpc) is 2.14. The highest BCUT2D eigenvalue weighted by atomic mass is 14.3. The largest absolute Gasteiger partial charge is 0.0651 e. The number of hydrogen-bond acceptors (Lipinski definition) is 0. The lowest BCUT2D eigenvalue weighted by Gasteiger charge is -2.33. The summed E-state index contributed by atoms with van der Waals surface area (Å²) in [6.07, 6.45) is 6.35. The fraction of sp³-hybridized carbons (Fsp3) is 0.917. The van der Waals surface area contributed by atoms with Gasteiger partial charge in [-0.1, -0.05) is 53.9 Å². The van der Waals surface area contributed by atoms with Gasteiger partial charge in [0.15, 0.2) is 0 Å². The van der Waals surface area contributed by atoms with Crippen LogP contribution in [0, 0.1) is 18.3 Å². The summed E-state index contributed by atoms with van der Waals surface area (Å²) >= 11 is 0. The van der Waals surface area contributed by atoms with Crippen LogP contribution in [0.5, 0.6) is 0 Å². The summed E-state index contributed by atoms with van der Waals surface area (Å²) in [6, 6.07) is 0. The molecular formula is C12H25. The molecule has 12 heavy (non-hydrogen) atoms. The molecule has 0 aliphatic heterocycles. The molecule has 0 heteroatoms. The van der Waals surface area contributed by atoms with Crippen LogP contribution in [-0.4, -0.2) is 0 Å². The minimum atomic E-state index is 0.537. The van der Waals surface area contributed by atoms with Gasteiger partial charge in [-0.2, -0.15) is 0 Å². The van der Waals surface area contributed by atoms with Crippen LogP contribution in [-0.2, 0) is 0 Å². The van der Waals surface area contributed by atoms with Crippen molar-refractivity contribution in [1.82, 2.24) is 0 Å². The molecule has 0 N–H and O–H groups in total. The first-order chi connectivity index (χ1) is 5.64. The molecule has 0 bridgehead atoms. The molecule has 0 rings (SSSR count). The van der Waals surface area contributed by atoms with E-state index >= 15 is 0 Å². The van der Waals surface area contributed by atoms with Crippen LogP contribution in [0.4, 0.5) is 0 Å². The van der Waals surface area contributed by atoms with Crippen molar-refractivity contribution < 1.29 is 0 Å². The Morgan fingerprint density at radius 3 is 1.92 bits per heavy atom. The third-order valence-electron chi connectivity index (χ3n) is 3.51. The van der Waals surface area contributed by atoms with Gasteiger partial charge in [0.05, 0.1) is 0 Å². The van der Waals surface area contributed by atoms with Crippen molar-refractivity contribution in [1.29, 1.82) is 0 Å². The SMILES string of the molecule is [CH2]CC(CC)(CC)CC(C)CC. The molecule has 1 unspecified atom stereocenters. The second-order valence-corrected chi connectivity index (χ2v) is 4.17. The van der Waals surface area contributed by atoms with Crippen molar-refractivity contribution in [2.24, 2.45) is 11.3 Å². The standard InChI is InChI=1S/C12H25/c1-6-11(5)10-12(7-2,8-3)9-4/h11H,2,6-10H2,1,3-5H3. The van der Waals surface area contributed by atoms with Crippen molar-refractivity contribution in [3.8, 4) is 0 Å². The first-order valence-corrected chi connectivity index (χ1v) is 5.43. The third-order valence-corrected chi connectivity index (χ3v) is 3.51. The van der Waals surface area contributed by atoms with Gasteiger partial charge in [-0.25, -0.2) is 0 Å². The summed E-state index contributed by atoms with van der Waals surface area (Å²) in [7, 11) is 0. The van der Waals surface area contributed by atoms with E-state index in [2.05, 4.69) is 34.6 Å². The third kappa shape index (κ3) is 3.16. The van der Waals surface area contributed by atoms with E-state index in [0.29, 0.717) is 5.41 Å². The zero-order valence-electron chi connectivity index (χ0n) is 9.32. The van der Waals surface area contributed by atoms with Crippen LogP contribution in [0.25, 0.3) is 0 Å². The minimum absolute atomic E-state index is 0.537. The number of hydrogen-bond donors (Lipinski definition) is 0. The Balaban J connectivity index is 4.09. The first-order valence-electron chi connectivity index (χ1n) is 5.43. The second kappa shape index (κ2) is 5.61. The summed E-state index contributed by atoms with van der Waals surface area (Å²) in [5, 5.41) is 0. The van der Waals surface area contributed by atoms with Crippen molar-refractivity contribution in [2.45, 2.75) is 59.8 Å². The fourth-order valence-corrected chi connectivity index (χ4v) is 1.88. The van der Waals surface area contributed by atoms with Gasteiger partial charge in [0, 0.05) is 0 Å². The van der Waals surface area contributed by atoms with Gasteiger partial charge in [-0.3, -0.25) is 0 Å². The maximum absolute atomic E-state index is 4.09. The minimum Gasteiger partial charge on any atom is -0.0651 e. The molecular weight excluding hydrogens is 144 g/mol. The van der Waals surface area contributed by atoms with Crippen molar-refractivity contribution in [3.63, 3.8) is 0 Å². The molecule has 1 atom stereocenters. The highest BCUT2D eigenvalue weighted by molar-refractivity contribution is 4.79. The van der Waals surface area contributed by atoms with Crippen LogP contribution in [0.2, 0.25) is 0 Å². The van der Waals surface area contributed by atoms with E-state index in [-0.39, 0.29) is 0 Å². The molecule has 73 valence electrons. The maximum atomic E-state index is 4.09. The first kappa shape index (κ1) is 12.0. The van der Waals surface area contributed by atoms with Crippen LogP contribution >= 0.6 is 0 Å². The average molecular weight is 169 g/mol. The quantitative estimate of drug-likeness (QED) is 0.551. The topological polar surface area (TPSA) is 0 Å². The Labute approximate surface area is 78.8 Å². The van der Waals surface area contributed by atoms with Crippen molar-refractivity contribution in [2.75, 3.05) is 0 Å². The molecule has 0 amide bonds. The molecule has 0 aromatic heterocycles. The fourth-order valence-electron chi connectivity index (χ4n) is 1.88. The second-order valence-electron chi connectivity index (χ2n) is 4.17. The predicted molar refractivity (Wildman–Crippen MR) is 57.1 cm³/mol. The lowest BCUT2D eigenvalue weighted by Crippen LogP contribution is -2.20. The normalized spacial score (nSPS) is 14.8. The summed E-state index contributed by atoms with van der Waals surface area (Å²) in [6.45, 7) is 13.3. The molecule has 0 spiro atoms. The molecule has 0 nitrogen and oxygen atoms in total. The Hall–Kier alpha value is 0. The Bertz CT molecular complexity index is 92.3. The summed E-state index contributed by atoms with van der Waals surface area (Å²) in [4.78, 5) is 0. The van der Waals surface area contributed by atoms with Gasteiger partial charge >= 0.3 is 0 Å².